The Morgan fingerprint density at radius 3 is 2.04 bits per heavy atom. The van der Waals surface area contributed by atoms with E-state index in [1.807, 2.05) is 40.3 Å². The third-order valence-electron chi connectivity index (χ3n) is 4.11. The Morgan fingerprint density at radius 2 is 1.56 bits per heavy atom. The van der Waals surface area contributed by atoms with Gasteiger partial charge in [0.25, 0.3) is 0 Å². The van der Waals surface area contributed by atoms with Gasteiger partial charge < -0.3 is 26.3 Å². The molecule has 130 valence electrons. The zero-order valence-electron chi connectivity index (χ0n) is 15.0. The summed E-state index contributed by atoms with van der Waals surface area (Å²) in [5.74, 6) is 0.880. The molecule has 25 heavy (non-hydrogen) atoms. The van der Waals surface area contributed by atoms with Crippen molar-refractivity contribution in [3.05, 3.63) is 83.9 Å². The summed E-state index contributed by atoms with van der Waals surface area (Å²) in [7, 11) is 8.19. The molecule has 0 radical (unpaired) electrons. The number of furan rings is 1. The van der Waals surface area contributed by atoms with E-state index in [0.717, 1.165) is 22.5 Å². The van der Waals surface area contributed by atoms with Crippen LogP contribution in [0.2, 0.25) is 0 Å². The van der Waals surface area contributed by atoms with Crippen molar-refractivity contribution >= 4 is 17.0 Å². The third-order valence-corrected chi connectivity index (χ3v) is 4.11. The third kappa shape index (κ3) is 4.20. The molecule has 0 saturated heterocycles. The van der Waals surface area contributed by atoms with Crippen LogP contribution >= 0.6 is 0 Å². The van der Waals surface area contributed by atoms with Crippen LogP contribution in [0.25, 0.3) is 5.57 Å². The summed E-state index contributed by atoms with van der Waals surface area (Å²) in [6, 6.07) is 12.5. The smallest absolute Gasteiger partial charge is 0.199 e. The van der Waals surface area contributed by atoms with Crippen LogP contribution in [-0.2, 0) is 0 Å². The summed E-state index contributed by atoms with van der Waals surface area (Å²) in [5, 5.41) is 0. The van der Waals surface area contributed by atoms with E-state index in [-0.39, 0.29) is 17.0 Å². The molecule has 0 spiro atoms. The van der Waals surface area contributed by atoms with Gasteiger partial charge in [-0.15, -0.1) is 0 Å². The van der Waals surface area contributed by atoms with Crippen molar-refractivity contribution in [2.24, 2.45) is 0 Å². The van der Waals surface area contributed by atoms with E-state index in [9.17, 15) is 0 Å². The van der Waals surface area contributed by atoms with Crippen molar-refractivity contribution in [2.45, 2.75) is 0 Å². The van der Waals surface area contributed by atoms with Crippen LogP contribution in [0, 0.1) is 0 Å². The second-order valence-corrected chi connectivity index (χ2v) is 6.23. The number of allylic oxidation sites excluding steroid dienone is 5. The number of nitrogens with zero attached hydrogens (tertiary/aromatic N) is 2. The summed E-state index contributed by atoms with van der Waals surface area (Å²) >= 11 is 0. The van der Waals surface area contributed by atoms with Gasteiger partial charge >= 0.3 is 0 Å². The van der Waals surface area contributed by atoms with Crippen LogP contribution in [0.3, 0.4) is 0 Å². The fourth-order valence-electron chi connectivity index (χ4n) is 2.72. The largest absolute Gasteiger partial charge is 1.00 e. The maximum absolute atomic E-state index is 5.70. The van der Waals surface area contributed by atoms with Gasteiger partial charge in [0.1, 0.15) is 19.9 Å². The molecule has 0 N–H and O–H groups in total. The first kappa shape index (κ1) is 19.0. The second-order valence-electron chi connectivity index (χ2n) is 6.23. The van der Waals surface area contributed by atoms with Gasteiger partial charge in [-0.1, -0.05) is 12.1 Å². The van der Waals surface area contributed by atoms with Crippen LogP contribution < -0.4 is 21.9 Å². The minimum absolute atomic E-state index is 0. The predicted octanol–water partition coefficient (Wildman–Crippen LogP) is 0.991. The molecule has 3 rings (SSSR count). The molecule has 1 aliphatic rings. The average molecular weight is 399 g/mol. The SMILES string of the molecule is CN(C)c1ccc(C(=C2C=CC(=[N+](C)C)C=C2)c2ccco2)cc1.[Br-]. The quantitative estimate of drug-likeness (QED) is 0.718. The number of anilines is 1. The molecular weight excluding hydrogens is 376 g/mol. The molecule has 1 aliphatic carbocycles. The molecule has 4 heteroatoms. The van der Waals surface area contributed by atoms with Crippen LogP contribution in [0.15, 0.2) is 77.0 Å². The Kier molecular flexibility index (Phi) is 6.21. The molecule has 2 aromatic rings. The molecule has 0 amide bonds. The van der Waals surface area contributed by atoms with Crippen LogP contribution in [0.1, 0.15) is 11.3 Å². The van der Waals surface area contributed by atoms with E-state index in [1.54, 1.807) is 6.26 Å². The molecule has 0 fully saturated rings. The number of benzene rings is 1. The van der Waals surface area contributed by atoms with Gasteiger partial charge in [0.2, 0.25) is 0 Å². The van der Waals surface area contributed by atoms with Gasteiger partial charge in [-0.3, -0.25) is 0 Å². The Hall–Kier alpha value is -2.33. The highest BCUT2D eigenvalue weighted by atomic mass is 79.9. The van der Waals surface area contributed by atoms with Gasteiger partial charge in [-0.25, -0.2) is 4.58 Å². The topological polar surface area (TPSA) is 19.4 Å². The number of hydrogen-bond donors (Lipinski definition) is 0. The Balaban J connectivity index is 0.00000225. The zero-order chi connectivity index (χ0) is 17.1. The van der Waals surface area contributed by atoms with Crippen molar-refractivity contribution in [1.29, 1.82) is 0 Å². The van der Waals surface area contributed by atoms with E-state index in [0.29, 0.717) is 0 Å². The van der Waals surface area contributed by atoms with Gasteiger partial charge in [-0.2, -0.15) is 0 Å². The van der Waals surface area contributed by atoms with Crippen molar-refractivity contribution in [3.8, 4) is 0 Å². The molecule has 0 aliphatic heterocycles. The van der Waals surface area contributed by atoms with Gasteiger partial charge in [0, 0.05) is 37.5 Å². The number of halogens is 1. The van der Waals surface area contributed by atoms with Crippen LogP contribution in [0.4, 0.5) is 5.69 Å². The Labute approximate surface area is 160 Å². The first-order valence-electron chi connectivity index (χ1n) is 8.02. The van der Waals surface area contributed by atoms with E-state index in [1.165, 1.54) is 11.4 Å². The molecule has 0 unspecified atom stereocenters. The molecule has 1 aromatic carbocycles. The summed E-state index contributed by atoms with van der Waals surface area (Å²) in [5.41, 5.74) is 5.76. The van der Waals surface area contributed by atoms with E-state index >= 15 is 0 Å². The molecule has 3 nitrogen and oxygen atoms in total. The molecular formula is C21H23BrN2O. The van der Waals surface area contributed by atoms with Gasteiger partial charge in [0.15, 0.2) is 5.71 Å². The highest BCUT2D eigenvalue weighted by Gasteiger charge is 2.15. The van der Waals surface area contributed by atoms with E-state index in [2.05, 4.69) is 58.0 Å². The van der Waals surface area contributed by atoms with Crippen LogP contribution in [0.5, 0.6) is 0 Å². The lowest BCUT2D eigenvalue weighted by molar-refractivity contribution is -0.462. The van der Waals surface area contributed by atoms with Gasteiger partial charge in [-0.05, 0) is 47.6 Å². The predicted molar refractivity (Wildman–Crippen MR) is 101 cm³/mol. The lowest BCUT2D eigenvalue weighted by Crippen LogP contribution is -3.00. The molecule has 0 bridgehead atoms. The number of rotatable bonds is 3. The van der Waals surface area contributed by atoms with Crippen molar-refractivity contribution in [2.75, 3.05) is 33.1 Å². The standard InChI is InChI=1S/C21H23N2O.BrH/c1-22(2)18-11-7-16(8-12-18)21(20-6-5-15-24-20)17-9-13-19(14-10-17)23(3)4;/h5-15H,1-4H3;1H/q+1;/p-1. The zero-order valence-corrected chi connectivity index (χ0v) is 16.6. The van der Waals surface area contributed by atoms with Crippen LogP contribution in [-0.4, -0.2) is 38.5 Å². The lowest BCUT2D eigenvalue weighted by Gasteiger charge is -2.15. The first-order valence-corrected chi connectivity index (χ1v) is 8.02. The summed E-state index contributed by atoms with van der Waals surface area (Å²) < 4.78 is 7.80. The Morgan fingerprint density at radius 1 is 0.920 bits per heavy atom. The van der Waals surface area contributed by atoms with Crippen molar-refractivity contribution < 1.29 is 26.0 Å². The number of hydrogen-bond acceptors (Lipinski definition) is 2. The highest BCUT2D eigenvalue weighted by molar-refractivity contribution is 6.03. The van der Waals surface area contributed by atoms with E-state index < -0.39 is 0 Å². The normalized spacial score (nSPS) is 12.8. The maximum atomic E-state index is 5.70. The summed E-state index contributed by atoms with van der Waals surface area (Å²) in [4.78, 5) is 2.10. The molecule has 0 saturated carbocycles. The molecule has 1 heterocycles. The Bertz CT molecular complexity index is 817. The summed E-state index contributed by atoms with van der Waals surface area (Å²) in [6.07, 6.45) is 10.3. The average Bonchev–Trinajstić information content (AvgIpc) is 3.10. The van der Waals surface area contributed by atoms with Crippen molar-refractivity contribution in [1.82, 2.24) is 0 Å². The minimum Gasteiger partial charge on any atom is -1.00 e. The maximum Gasteiger partial charge on any atom is 0.199 e. The highest BCUT2D eigenvalue weighted by Crippen LogP contribution is 2.30. The van der Waals surface area contributed by atoms with E-state index in [4.69, 9.17) is 4.42 Å². The molecule has 0 atom stereocenters. The van der Waals surface area contributed by atoms with Crippen molar-refractivity contribution in [3.63, 3.8) is 0 Å². The van der Waals surface area contributed by atoms with Gasteiger partial charge in [0.05, 0.1) is 6.26 Å². The minimum atomic E-state index is 0. The summed E-state index contributed by atoms with van der Waals surface area (Å²) in [6.45, 7) is 0. The fraction of sp³-hybridized carbons (Fsp3) is 0.190. The molecule has 1 aromatic heterocycles. The first-order chi connectivity index (χ1) is 11.6. The lowest BCUT2D eigenvalue weighted by atomic mass is 9.94. The fourth-order valence-corrected chi connectivity index (χ4v) is 2.72. The second kappa shape index (κ2) is 8.17. The monoisotopic (exact) mass is 398 g/mol.